The second kappa shape index (κ2) is 4.14. The molecule has 1 heterocycles. The average molecular weight is 220 g/mol. The van der Waals surface area contributed by atoms with Crippen molar-refractivity contribution in [2.24, 2.45) is 0 Å². The van der Waals surface area contributed by atoms with Gasteiger partial charge in [0, 0.05) is 13.1 Å². The summed E-state index contributed by atoms with van der Waals surface area (Å²) in [6, 6.07) is 5.77. The Morgan fingerprint density at radius 1 is 1.38 bits per heavy atom. The van der Waals surface area contributed by atoms with Crippen LogP contribution >= 0.6 is 0 Å². The SMILES string of the molecule is Cc1ccc2oc(=O)n(CCN(C)C)c2c1. The summed E-state index contributed by atoms with van der Waals surface area (Å²) in [5.74, 6) is -0.276. The van der Waals surface area contributed by atoms with E-state index in [4.69, 9.17) is 4.42 Å². The summed E-state index contributed by atoms with van der Waals surface area (Å²) in [6.45, 7) is 3.48. The van der Waals surface area contributed by atoms with E-state index < -0.39 is 0 Å². The molecule has 1 aromatic heterocycles. The lowest BCUT2D eigenvalue weighted by Gasteiger charge is -2.09. The molecular formula is C12H16N2O2. The molecule has 0 amide bonds. The Kier molecular flexibility index (Phi) is 2.83. The van der Waals surface area contributed by atoms with Gasteiger partial charge in [-0.25, -0.2) is 4.79 Å². The Morgan fingerprint density at radius 3 is 2.81 bits per heavy atom. The van der Waals surface area contributed by atoms with Crippen molar-refractivity contribution in [3.8, 4) is 0 Å². The topological polar surface area (TPSA) is 38.4 Å². The fourth-order valence-corrected chi connectivity index (χ4v) is 1.68. The number of hydrogen-bond acceptors (Lipinski definition) is 3. The van der Waals surface area contributed by atoms with Crippen LogP contribution in [0.15, 0.2) is 27.4 Å². The Labute approximate surface area is 94.1 Å². The maximum atomic E-state index is 11.6. The van der Waals surface area contributed by atoms with Crippen LogP contribution in [0, 0.1) is 6.92 Å². The summed E-state index contributed by atoms with van der Waals surface area (Å²) in [4.78, 5) is 13.7. The predicted octanol–water partition coefficient (Wildman–Crippen LogP) is 1.46. The number of hydrogen-bond donors (Lipinski definition) is 0. The number of aryl methyl sites for hydroxylation is 1. The first-order chi connectivity index (χ1) is 7.58. The molecule has 0 aliphatic carbocycles. The van der Waals surface area contributed by atoms with Gasteiger partial charge in [-0.05, 0) is 38.7 Å². The summed E-state index contributed by atoms with van der Waals surface area (Å²) in [5, 5.41) is 0. The van der Waals surface area contributed by atoms with Crippen molar-refractivity contribution in [3.63, 3.8) is 0 Å². The molecule has 0 saturated heterocycles. The fraction of sp³-hybridized carbons (Fsp3) is 0.417. The van der Waals surface area contributed by atoms with Crippen molar-refractivity contribution in [1.29, 1.82) is 0 Å². The highest BCUT2D eigenvalue weighted by Gasteiger charge is 2.08. The lowest BCUT2D eigenvalue weighted by atomic mass is 10.2. The summed E-state index contributed by atoms with van der Waals surface area (Å²) in [6.07, 6.45) is 0. The lowest BCUT2D eigenvalue weighted by molar-refractivity contribution is 0.374. The predicted molar refractivity (Wildman–Crippen MR) is 63.8 cm³/mol. The van der Waals surface area contributed by atoms with Crippen molar-refractivity contribution in [3.05, 3.63) is 34.3 Å². The van der Waals surface area contributed by atoms with Gasteiger partial charge in [-0.3, -0.25) is 4.57 Å². The monoisotopic (exact) mass is 220 g/mol. The van der Waals surface area contributed by atoms with E-state index in [-0.39, 0.29) is 5.76 Å². The van der Waals surface area contributed by atoms with Crippen LogP contribution < -0.4 is 5.76 Å². The van der Waals surface area contributed by atoms with E-state index in [2.05, 4.69) is 0 Å². The molecule has 0 aliphatic heterocycles. The highest BCUT2D eigenvalue weighted by atomic mass is 16.4. The molecule has 4 nitrogen and oxygen atoms in total. The van der Waals surface area contributed by atoms with Crippen LogP contribution in [0.4, 0.5) is 0 Å². The lowest BCUT2D eigenvalue weighted by Crippen LogP contribution is -2.23. The van der Waals surface area contributed by atoms with Crippen LogP contribution in [0.5, 0.6) is 0 Å². The van der Waals surface area contributed by atoms with E-state index in [0.717, 1.165) is 17.6 Å². The average Bonchev–Trinajstić information content (AvgIpc) is 2.51. The summed E-state index contributed by atoms with van der Waals surface area (Å²) >= 11 is 0. The molecule has 0 radical (unpaired) electrons. The van der Waals surface area contributed by atoms with Crippen LogP contribution in [-0.4, -0.2) is 30.1 Å². The highest BCUT2D eigenvalue weighted by Crippen LogP contribution is 2.14. The molecule has 0 fully saturated rings. The van der Waals surface area contributed by atoms with Crippen molar-refractivity contribution < 1.29 is 4.42 Å². The standard InChI is InChI=1S/C12H16N2O2/c1-9-4-5-11-10(8-9)14(12(15)16-11)7-6-13(2)3/h4-5,8H,6-7H2,1-3H3. The summed E-state index contributed by atoms with van der Waals surface area (Å²) < 4.78 is 6.86. The Morgan fingerprint density at radius 2 is 2.12 bits per heavy atom. The third-order valence-electron chi connectivity index (χ3n) is 2.59. The molecule has 86 valence electrons. The smallest absolute Gasteiger partial charge is 0.408 e. The van der Waals surface area contributed by atoms with E-state index in [9.17, 15) is 4.79 Å². The minimum absolute atomic E-state index is 0.276. The van der Waals surface area contributed by atoms with Gasteiger partial charge in [0.25, 0.3) is 0 Å². The zero-order valence-electron chi connectivity index (χ0n) is 9.86. The molecule has 16 heavy (non-hydrogen) atoms. The van der Waals surface area contributed by atoms with Crippen LogP contribution in [0.25, 0.3) is 11.1 Å². The zero-order valence-corrected chi connectivity index (χ0v) is 9.86. The number of rotatable bonds is 3. The molecule has 2 aromatic rings. The largest absolute Gasteiger partial charge is 0.419 e. The normalized spacial score (nSPS) is 11.5. The van der Waals surface area contributed by atoms with Crippen LogP contribution in [0.1, 0.15) is 5.56 Å². The molecule has 0 spiro atoms. The van der Waals surface area contributed by atoms with Gasteiger partial charge in [0.1, 0.15) is 0 Å². The minimum atomic E-state index is -0.276. The fourth-order valence-electron chi connectivity index (χ4n) is 1.68. The Hall–Kier alpha value is -1.55. The van der Waals surface area contributed by atoms with Gasteiger partial charge in [-0.15, -0.1) is 0 Å². The van der Waals surface area contributed by atoms with E-state index in [1.165, 1.54) is 0 Å². The molecule has 1 aromatic carbocycles. The molecule has 0 N–H and O–H groups in total. The third kappa shape index (κ3) is 2.02. The van der Waals surface area contributed by atoms with Crippen molar-refractivity contribution in [2.45, 2.75) is 13.5 Å². The quantitative estimate of drug-likeness (QED) is 0.786. The van der Waals surface area contributed by atoms with Crippen LogP contribution in [0.3, 0.4) is 0 Å². The minimum Gasteiger partial charge on any atom is -0.408 e. The Bertz CT molecular complexity index is 552. The number of likely N-dealkylation sites (N-methyl/N-ethyl adjacent to an activating group) is 1. The number of fused-ring (bicyclic) bond motifs is 1. The summed E-state index contributed by atoms with van der Waals surface area (Å²) in [7, 11) is 3.97. The number of aromatic nitrogens is 1. The van der Waals surface area contributed by atoms with E-state index >= 15 is 0 Å². The molecule has 0 bridgehead atoms. The second-order valence-corrected chi connectivity index (χ2v) is 4.29. The molecule has 0 atom stereocenters. The maximum Gasteiger partial charge on any atom is 0.419 e. The number of oxazole rings is 1. The van der Waals surface area contributed by atoms with Gasteiger partial charge in [0.15, 0.2) is 5.58 Å². The van der Waals surface area contributed by atoms with Crippen molar-refractivity contribution >= 4 is 11.1 Å². The molecule has 2 rings (SSSR count). The number of benzene rings is 1. The zero-order chi connectivity index (χ0) is 11.7. The van der Waals surface area contributed by atoms with Gasteiger partial charge in [0.2, 0.25) is 0 Å². The van der Waals surface area contributed by atoms with Gasteiger partial charge in [0.05, 0.1) is 5.52 Å². The van der Waals surface area contributed by atoms with Gasteiger partial charge >= 0.3 is 5.76 Å². The van der Waals surface area contributed by atoms with Crippen LogP contribution in [-0.2, 0) is 6.54 Å². The van der Waals surface area contributed by atoms with E-state index in [1.54, 1.807) is 4.57 Å². The highest BCUT2D eigenvalue weighted by molar-refractivity contribution is 5.73. The van der Waals surface area contributed by atoms with Gasteiger partial charge in [-0.1, -0.05) is 6.07 Å². The molecule has 0 saturated carbocycles. The molecule has 4 heteroatoms. The molecule has 0 unspecified atom stereocenters. The maximum absolute atomic E-state index is 11.6. The van der Waals surface area contributed by atoms with E-state index in [0.29, 0.717) is 12.1 Å². The first-order valence-corrected chi connectivity index (χ1v) is 5.32. The Balaban J connectivity index is 2.46. The first-order valence-electron chi connectivity index (χ1n) is 5.32. The van der Waals surface area contributed by atoms with E-state index in [1.807, 2.05) is 44.1 Å². The third-order valence-corrected chi connectivity index (χ3v) is 2.59. The van der Waals surface area contributed by atoms with Crippen LogP contribution in [0.2, 0.25) is 0 Å². The molecular weight excluding hydrogens is 204 g/mol. The van der Waals surface area contributed by atoms with Gasteiger partial charge in [-0.2, -0.15) is 0 Å². The molecule has 0 aliphatic rings. The van der Waals surface area contributed by atoms with Crippen molar-refractivity contribution in [1.82, 2.24) is 9.47 Å². The summed E-state index contributed by atoms with van der Waals surface area (Å²) in [5.41, 5.74) is 2.67. The second-order valence-electron chi connectivity index (χ2n) is 4.29. The van der Waals surface area contributed by atoms with Crippen molar-refractivity contribution in [2.75, 3.05) is 20.6 Å². The first kappa shape index (κ1) is 11.0. The van der Waals surface area contributed by atoms with Gasteiger partial charge < -0.3 is 9.32 Å². The number of nitrogens with zero attached hydrogens (tertiary/aromatic N) is 2.